The van der Waals surface area contributed by atoms with E-state index in [2.05, 4.69) is 15.5 Å². The fourth-order valence-corrected chi connectivity index (χ4v) is 3.13. The molecule has 0 spiro atoms. The van der Waals surface area contributed by atoms with E-state index in [4.69, 9.17) is 0 Å². The van der Waals surface area contributed by atoms with Crippen LogP contribution in [-0.4, -0.2) is 22.4 Å². The van der Waals surface area contributed by atoms with Crippen LogP contribution in [0.5, 0.6) is 0 Å². The molecular formula is C19H19N3O2S. The molecule has 1 unspecified atom stereocenters. The lowest BCUT2D eigenvalue weighted by Crippen LogP contribution is -2.29. The number of aromatic amines is 1. The van der Waals surface area contributed by atoms with Gasteiger partial charge in [0.2, 0.25) is 5.91 Å². The molecule has 0 saturated carbocycles. The van der Waals surface area contributed by atoms with E-state index in [-0.39, 0.29) is 23.9 Å². The Labute approximate surface area is 149 Å². The minimum atomic E-state index is -0.248. The maximum atomic E-state index is 12.4. The van der Waals surface area contributed by atoms with E-state index in [1.165, 1.54) is 4.90 Å². The first kappa shape index (κ1) is 17.2. The van der Waals surface area contributed by atoms with Crippen LogP contribution < -0.4 is 10.9 Å². The molecule has 2 N–H and O–H groups in total. The minimum Gasteiger partial charge on any atom is -0.349 e. The molecule has 5 nitrogen and oxygen atoms in total. The Hall–Kier alpha value is -2.60. The van der Waals surface area contributed by atoms with Gasteiger partial charge in [-0.1, -0.05) is 30.3 Å². The Bertz CT molecular complexity index is 951. The van der Waals surface area contributed by atoms with Crippen molar-refractivity contribution in [1.82, 2.24) is 15.5 Å². The summed E-state index contributed by atoms with van der Waals surface area (Å²) in [5, 5.41) is 10.7. The number of amides is 1. The predicted molar refractivity (Wildman–Crippen MR) is 101 cm³/mol. The van der Waals surface area contributed by atoms with Gasteiger partial charge in [0.05, 0.1) is 23.5 Å². The third-order valence-corrected chi connectivity index (χ3v) is 4.84. The lowest BCUT2D eigenvalue weighted by Gasteiger charge is -2.15. The first-order valence-corrected chi connectivity index (χ1v) is 9.20. The second-order valence-electron chi connectivity index (χ2n) is 5.78. The molecule has 0 fully saturated rings. The summed E-state index contributed by atoms with van der Waals surface area (Å²) < 4.78 is 0. The van der Waals surface area contributed by atoms with Crippen molar-refractivity contribution < 1.29 is 4.79 Å². The van der Waals surface area contributed by atoms with Crippen molar-refractivity contribution in [3.05, 3.63) is 70.1 Å². The van der Waals surface area contributed by atoms with Crippen LogP contribution >= 0.6 is 11.8 Å². The van der Waals surface area contributed by atoms with Gasteiger partial charge in [-0.25, -0.2) is 5.10 Å². The number of hydrogen-bond acceptors (Lipinski definition) is 4. The number of H-pyrrole nitrogens is 1. The number of carbonyl (C=O) groups excluding carboxylic acids is 1. The van der Waals surface area contributed by atoms with Crippen molar-refractivity contribution in [1.29, 1.82) is 0 Å². The SMILES string of the molecule is CSc1ccc(C(C)NC(=O)Cc2n[nH]c(=O)c3ccccc23)cc1. The first-order valence-electron chi connectivity index (χ1n) is 7.98. The van der Waals surface area contributed by atoms with Crippen molar-refractivity contribution in [3.63, 3.8) is 0 Å². The third-order valence-electron chi connectivity index (χ3n) is 4.10. The van der Waals surface area contributed by atoms with Crippen LogP contribution in [0.1, 0.15) is 24.2 Å². The topological polar surface area (TPSA) is 74.8 Å². The molecule has 1 heterocycles. The van der Waals surface area contributed by atoms with Crippen LogP contribution in [0.15, 0.2) is 58.2 Å². The van der Waals surface area contributed by atoms with Crippen molar-refractivity contribution in [3.8, 4) is 0 Å². The fourth-order valence-electron chi connectivity index (χ4n) is 2.73. The summed E-state index contributed by atoms with van der Waals surface area (Å²) in [5.74, 6) is -0.133. The van der Waals surface area contributed by atoms with Gasteiger partial charge in [-0.05, 0) is 36.9 Å². The van der Waals surface area contributed by atoms with E-state index in [0.717, 1.165) is 5.56 Å². The fraction of sp³-hybridized carbons (Fsp3) is 0.211. The molecule has 6 heteroatoms. The Balaban J connectivity index is 1.74. The molecule has 1 amide bonds. The van der Waals surface area contributed by atoms with E-state index in [1.807, 2.05) is 49.6 Å². The quantitative estimate of drug-likeness (QED) is 0.691. The normalized spacial score (nSPS) is 12.1. The molecule has 2 aromatic carbocycles. The number of carbonyl (C=O) groups is 1. The predicted octanol–water partition coefficient (Wildman–Crippen LogP) is 3.06. The molecule has 3 aromatic rings. The van der Waals surface area contributed by atoms with Crippen LogP contribution in [0.2, 0.25) is 0 Å². The van der Waals surface area contributed by atoms with Gasteiger partial charge in [0.15, 0.2) is 0 Å². The first-order chi connectivity index (χ1) is 12.1. The van der Waals surface area contributed by atoms with Crippen LogP contribution in [0, 0.1) is 0 Å². The second-order valence-corrected chi connectivity index (χ2v) is 6.66. The zero-order valence-corrected chi connectivity index (χ0v) is 14.9. The summed E-state index contributed by atoms with van der Waals surface area (Å²) in [6.07, 6.45) is 2.15. The monoisotopic (exact) mass is 353 g/mol. The van der Waals surface area contributed by atoms with Crippen LogP contribution in [0.25, 0.3) is 10.8 Å². The average molecular weight is 353 g/mol. The average Bonchev–Trinajstić information content (AvgIpc) is 2.64. The van der Waals surface area contributed by atoms with Gasteiger partial charge in [0, 0.05) is 10.3 Å². The molecular weight excluding hydrogens is 334 g/mol. The summed E-state index contributed by atoms with van der Waals surface area (Å²) in [6.45, 7) is 1.95. The van der Waals surface area contributed by atoms with Crippen molar-refractivity contribution >= 4 is 28.4 Å². The number of fused-ring (bicyclic) bond motifs is 1. The van der Waals surface area contributed by atoms with E-state index in [1.54, 1.807) is 23.9 Å². The lowest BCUT2D eigenvalue weighted by molar-refractivity contribution is -0.121. The molecule has 25 heavy (non-hydrogen) atoms. The van der Waals surface area contributed by atoms with Gasteiger partial charge in [0.1, 0.15) is 0 Å². The molecule has 0 radical (unpaired) electrons. The Morgan fingerprint density at radius 1 is 1.16 bits per heavy atom. The number of hydrogen-bond donors (Lipinski definition) is 2. The lowest BCUT2D eigenvalue weighted by atomic mass is 10.1. The van der Waals surface area contributed by atoms with Crippen molar-refractivity contribution in [2.24, 2.45) is 0 Å². The van der Waals surface area contributed by atoms with E-state index in [9.17, 15) is 9.59 Å². The van der Waals surface area contributed by atoms with E-state index < -0.39 is 0 Å². The highest BCUT2D eigenvalue weighted by Gasteiger charge is 2.13. The zero-order valence-electron chi connectivity index (χ0n) is 14.1. The van der Waals surface area contributed by atoms with Gasteiger partial charge in [0.25, 0.3) is 5.56 Å². The number of benzene rings is 2. The van der Waals surface area contributed by atoms with Crippen LogP contribution in [-0.2, 0) is 11.2 Å². The molecule has 0 aliphatic heterocycles. The molecule has 3 rings (SSSR count). The Kier molecular flexibility index (Phi) is 5.19. The van der Waals surface area contributed by atoms with Gasteiger partial charge in [-0.15, -0.1) is 11.8 Å². The highest BCUT2D eigenvalue weighted by atomic mass is 32.2. The molecule has 1 aromatic heterocycles. The van der Waals surface area contributed by atoms with Gasteiger partial charge < -0.3 is 5.32 Å². The van der Waals surface area contributed by atoms with Gasteiger partial charge >= 0.3 is 0 Å². The van der Waals surface area contributed by atoms with Crippen molar-refractivity contribution in [2.75, 3.05) is 6.26 Å². The summed E-state index contributed by atoms with van der Waals surface area (Å²) in [7, 11) is 0. The van der Waals surface area contributed by atoms with Crippen LogP contribution in [0.3, 0.4) is 0 Å². The molecule has 0 bridgehead atoms. The summed E-state index contributed by atoms with van der Waals surface area (Å²) in [6, 6.07) is 15.2. The molecule has 0 aliphatic rings. The summed E-state index contributed by atoms with van der Waals surface area (Å²) >= 11 is 1.68. The van der Waals surface area contributed by atoms with Crippen molar-refractivity contribution in [2.45, 2.75) is 24.3 Å². The Morgan fingerprint density at radius 2 is 1.84 bits per heavy atom. The zero-order chi connectivity index (χ0) is 17.8. The number of thioether (sulfide) groups is 1. The second kappa shape index (κ2) is 7.53. The van der Waals surface area contributed by atoms with E-state index >= 15 is 0 Å². The maximum absolute atomic E-state index is 12.4. The number of nitrogens with zero attached hydrogens (tertiary/aromatic N) is 1. The van der Waals surface area contributed by atoms with Crippen LogP contribution in [0.4, 0.5) is 0 Å². The highest BCUT2D eigenvalue weighted by molar-refractivity contribution is 7.98. The molecule has 0 saturated heterocycles. The third kappa shape index (κ3) is 3.91. The minimum absolute atomic E-state index is 0.0996. The summed E-state index contributed by atoms with van der Waals surface area (Å²) in [5.41, 5.74) is 1.37. The number of aromatic nitrogens is 2. The number of nitrogens with one attached hydrogen (secondary N) is 2. The van der Waals surface area contributed by atoms with Gasteiger partial charge in [-0.3, -0.25) is 9.59 Å². The summed E-state index contributed by atoms with van der Waals surface area (Å²) in [4.78, 5) is 25.4. The standard InChI is InChI=1S/C19H19N3O2S/c1-12(13-7-9-14(25-2)10-8-13)20-18(23)11-17-15-5-3-4-6-16(15)19(24)22-21-17/h3-10,12H,11H2,1-2H3,(H,20,23)(H,22,24). The van der Waals surface area contributed by atoms with E-state index in [0.29, 0.717) is 16.5 Å². The highest BCUT2D eigenvalue weighted by Crippen LogP contribution is 2.19. The number of rotatable bonds is 5. The Morgan fingerprint density at radius 3 is 2.52 bits per heavy atom. The molecule has 1 atom stereocenters. The van der Waals surface area contributed by atoms with Gasteiger partial charge in [-0.2, -0.15) is 5.10 Å². The largest absolute Gasteiger partial charge is 0.349 e. The molecule has 128 valence electrons. The smallest absolute Gasteiger partial charge is 0.272 e. The molecule has 0 aliphatic carbocycles. The maximum Gasteiger partial charge on any atom is 0.272 e.